The maximum atomic E-state index is 5.82. The third-order valence-electron chi connectivity index (χ3n) is 2.71. The first-order valence-corrected chi connectivity index (χ1v) is 5.65. The van der Waals surface area contributed by atoms with Gasteiger partial charge in [0, 0.05) is 18.3 Å². The second-order valence-corrected chi connectivity index (χ2v) is 4.41. The lowest BCUT2D eigenvalue weighted by Gasteiger charge is -2.26. The van der Waals surface area contributed by atoms with E-state index in [1.54, 1.807) is 18.3 Å². The van der Waals surface area contributed by atoms with Gasteiger partial charge in [0.05, 0.1) is 5.02 Å². The van der Waals surface area contributed by atoms with E-state index >= 15 is 0 Å². The summed E-state index contributed by atoms with van der Waals surface area (Å²) in [7, 11) is 0. The molecule has 4 heteroatoms. The molecule has 0 aliphatic heterocycles. The number of halogens is 1. The van der Waals surface area contributed by atoms with Crippen molar-refractivity contribution in [2.45, 2.75) is 37.8 Å². The second kappa shape index (κ2) is 4.81. The SMILES string of the molecule is NC1CCC(Oc2ccc(Cl)cn2)CC1. The fourth-order valence-corrected chi connectivity index (χ4v) is 1.92. The van der Waals surface area contributed by atoms with Crippen LogP contribution in [0.3, 0.4) is 0 Å². The Kier molecular flexibility index (Phi) is 3.44. The first-order valence-electron chi connectivity index (χ1n) is 5.28. The van der Waals surface area contributed by atoms with Gasteiger partial charge in [-0.15, -0.1) is 0 Å². The van der Waals surface area contributed by atoms with E-state index in [-0.39, 0.29) is 6.10 Å². The quantitative estimate of drug-likeness (QED) is 0.843. The summed E-state index contributed by atoms with van der Waals surface area (Å²) in [6.45, 7) is 0. The van der Waals surface area contributed by atoms with Crippen molar-refractivity contribution in [2.24, 2.45) is 5.73 Å². The van der Waals surface area contributed by atoms with Crippen molar-refractivity contribution in [3.8, 4) is 5.88 Å². The Bertz CT molecular complexity index is 307. The van der Waals surface area contributed by atoms with Gasteiger partial charge in [-0.2, -0.15) is 0 Å². The zero-order valence-electron chi connectivity index (χ0n) is 8.53. The Hall–Kier alpha value is -0.800. The van der Waals surface area contributed by atoms with Crippen LogP contribution in [0.1, 0.15) is 25.7 Å². The molecule has 0 atom stereocenters. The molecule has 0 spiro atoms. The number of pyridine rings is 1. The molecular formula is C11H15ClN2O. The molecular weight excluding hydrogens is 212 g/mol. The summed E-state index contributed by atoms with van der Waals surface area (Å²) in [6, 6.07) is 3.94. The molecule has 3 nitrogen and oxygen atoms in total. The summed E-state index contributed by atoms with van der Waals surface area (Å²) in [5.41, 5.74) is 5.82. The summed E-state index contributed by atoms with van der Waals surface area (Å²) in [5.74, 6) is 0.653. The molecule has 0 radical (unpaired) electrons. The van der Waals surface area contributed by atoms with Crippen LogP contribution in [0.25, 0.3) is 0 Å². The zero-order valence-corrected chi connectivity index (χ0v) is 9.28. The lowest BCUT2D eigenvalue weighted by Crippen LogP contribution is -2.31. The number of nitrogens with zero attached hydrogens (tertiary/aromatic N) is 1. The maximum Gasteiger partial charge on any atom is 0.213 e. The Morgan fingerprint density at radius 3 is 2.60 bits per heavy atom. The van der Waals surface area contributed by atoms with Crippen LogP contribution < -0.4 is 10.5 Å². The predicted octanol–water partition coefficient (Wildman–Crippen LogP) is 2.38. The Morgan fingerprint density at radius 1 is 1.27 bits per heavy atom. The molecule has 0 amide bonds. The van der Waals surface area contributed by atoms with Crippen LogP contribution in [0.5, 0.6) is 5.88 Å². The molecule has 0 unspecified atom stereocenters. The van der Waals surface area contributed by atoms with Gasteiger partial charge >= 0.3 is 0 Å². The van der Waals surface area contributed by atoms with Crippen molar-refractivity contribution in [1.82, 2.24) is 4.98 Å². The van der Waals surface area contributed by atoms with E-state index in [0.29, 0.717) is 16.9 Å². The molecule has 0 bridgehead atoms. The van der Waals surface area contributed by atoms with Gasteiger partial charge in [-0.25, -0.2) is 4.98 Å². The number of hydrogen-bond donors (Lipinski definition) is 1. The highest BCUT2D eigenvalue weighted by atomic mass is 35.5. The highest BCUT2D eigenvalue weighted by Gasteiger charge is 2.19. The molecule has 1 aromatic heterocycles. The number of nitrogens with two attached hydrogens (primary N) is 1. The third kappa shape index (κ3) is 3.08. The van der Waals surface area contributed by atoms with Gasteiger partial charge in [0.25, 0.3) is 0 Å². The molecule has 0 aromatic carbocycles. The Labute approximate surface area is 94.6 Å². The van der Waals surface area contributed by atoms with E-state index in [4.69, 9.17) is 22.1 Å². The van der Waals surface area contributed by atoms with Crippen LogP contribution in [-0.2, 0) is 0 Å². The predicted molar refractivity (Wildman–Crippen MR) is 60.1 cm³/mol. The third-order valence-corrected chi connectivity index (χ3v) is 2.93. The van der Waals surface area contributed by atoms with E-state index in [0.717, 1.165) is 25.7 Å². The normalized spacial score (nSPS) is 26.3. The van der Waals surface area contributed by atoms with Crippen molar-refractivity contribution >= 4 is 11.6 Å². The Morgan fingerprint density at radius 2 is 2.00 bits per heavy atom. The fraction of sp³-hybridized carbons (Fsp3) is 0.545. The topological polar surface area (TPSA) is 48.1 Å². The molecule has 2 rings (SSSR count). The van der Waals surface area contributed by atoms with Crippen LogP contribution in [-0.4, -0.2) is 17.1 Å². The number of aromatic nitrogens is 1. The summed E-state index contributed by atoms with van der Waals surface area (Å²) in [4.78, 5) is 4.11. The monoisotopic (exact) mass is 226 g/mol. The molecule has 1 heterocycles. The molecule has 2 N–H and O–H groups in total. The highest BCUT2D eigenvalue weighted by molar-refractivity contribution is 6.30. The molecule has 15 heavy (non-hydrogen) atoms. The van der Waals surface area contributed by atoms with Gasteiger partial charge < -0.3 is 10.5 Å². The first-order chi connectivity index (χ1) is 7.24. The largest absolute Gasteiger partial charge is 0.474 e. The zero-order chi connectivity index (χ0) is 10.7. The standard InChI is InChI=1S/C11H15ClN2O/c12-8-1-6-11(14-7-8)15-10-4-2-9(13)3-5-10/h1,6-7,9-10H,2-5,13H2. The van der Waals surface area contributed by atoms with E-state index in [1.165, 1.54) is 0 Å². The minimum Gasteiger partial charge on any atom is -0.474 e. The average Bonchev–Trinajstić information content (AvgIpc) is 2.25. The summed E-state index contributed by atoms with van der Waals surface area (Å²) in [6.07, 6.45) is 5.98. The van der Waals surface area contributed by atoms with Crippen LogP contribution in [0.2, 0.25) is 5.02 Å². The van der Waals surface area contributed by atoms with Gasteiger partial charge in [-0.1, -0.05) is 11.6 Å². The minimum absolute atomic E-state index is 0.262. The van der Waals surface area contributed by atoms with Crippen molar-refractivity contribution in [2.75, 3.05) is 0 Å². The van der Waals surface area contributed by atoms with Crippen molar-refractivity contribution in [3.63, 3.8) is 0 Å². The van der Waals surface area contributed by atoms with Crippen molar-refractivity contribution in [3.05, 3.63) is 23.4 Å². The smallest absolute Gasteiger partial charge is 0.213 e. The van der Waals surface area contributed by atoms with Gasteiger partial charge in [0.2, 0.25) is 5.88 Å². The molecule has 1 aliphatic rings. The average molecular weight is 227 g/mol. The molecule has 82 valence electrons. The van der Waals surface area contributed by atoms with E-state index in [2.05, 4.69) is 4.98 Å². The maximum absolute atomic E-state index is 5.82. The molecule has 1 saturated carbocycles. The number of ether oxygens (including phenoxy) is 1. The van der Waals surface area contributed by atoms with E-state index in [9.17, 15) is 0 Å². The van der Waals surface area contributed by atoms with E-state index < -0.39 is 0 Å². The number of hydrogen-bond acceptors (Lipinski definition) is 3. The lowest BCUT2D eigenvalue weighted by atomic mass is 9.94. The van der Waals surface area contributed by atoms with Crippen LogP contribution >= 0.6 is 11.6 Å². The minimum atomic E-state index is 0.262. The van der Waals surface area contributed by atoms with Crippen LogP contribution in [0.4, 0.5) is 0 Å². The fourth-order valence-electron chi connectivity index (χ4n) is 1.81. The van der Waals surface area contributed by atoms with Crippen LogP contribution in [0.15, 0.2) is 18.3 Å². The Balaban J connectivity index is 1.89. The van der Waals surface area contributed by atoms with Gasteiger partial charge in [-0.3, -0.25) is 0 Å². The van der Waals surface area contributed by atoms with Crippen LogP contribution in [0, 0.1) is 0 Å². The highest BCUT2D eigenvalue weighted by Crippen LogP contribution is 2.22. The number of rotatable bonds is 2. The van der Waals surface area contributed by atoms with Gasteiger partial charge in [-0.05, 0) is 31.7 Å². The molecule has 1 fully saturated rings. The summed E-state index contributed by atoms with van der Waals surface area (Å²) in [5, 5.41) is 0.632. The molecule has 1 aliphatic carbocycles. The van der Waals surface area contributed by atoms with Gasteiger partial charge in [0.15, 0.2) is 0 Å². The van der Waals surface area contributed by atoms with Gasteiger partial charge in [0.1, 0.15) is 6.10 Å². The van der Waals surface area contributed by atoms with E-state index in [1.807, 2.05) is 0 Å². The summed E-state index contributed by atoms with van der Waals surface area (Å²) < 4.78 is 5.73. The molecule has 1 aromatic rings. The first kappa shape index (κ1) is 10.7. The van der Waals surface area contributed by atoms with Crippen molar-refractivity contribution < 1.29 is 4.74 Å². The van der Waals surface area contributed by atoms with Crippen molar-refractivity contribution in [1.29, 1.82) is 0 Å². The second-order valence-electron chi connectivity index (χ2n) is 3.97. The lowest BCUT2D eigenvalue weighted by molar-refractivity contribution is 0.141. The summed E-state index contributed by atoms with van der Waals surface area (Å²) >= 11 is 5.74. The molecule has 0 saturated heterocycles.